The van der Waals surface area contributed by atoms with E-state index in [0.717, 1.165) is 19.3 Å². The van der Waals surface area contributed by atoms with E-state index in [0.29, 0.717) is 12.4 Å². The minimum atomic E-state index is -0.801. The highest BCUT2D eigenvalue weighted by atomic mass is 16.5. The predicted octanol–water partition coefficient (Wildman–Crippen LogP) is 0.522. The fraction of sp³-hybridized carbons (Fsp3) is 0.615. The van der Waals surface area contributed by atoms with Crippen molar-refractivity contribution in [2.24, 2.45) is 0 Å². The van der Waals surface area contributed by atoms with Crippen LogP contribution in [0.4, 0.5) is 0 Å². The summed E-state index contributed by atoms with van der Waals surface area (Å²) in [7, 11) is 4.99. The van der Waals surface area contributed by atoms with E-state index in [4.69, 9.17) is 0 Å². The SMILES string of the molecule is COC(=O)c1nc2n(c(=O)c1O)CCCCC2N(C)C. The van der Waals surface area contributed by atoms with Crippen LogP contribution in [-0.2, 0) is 11.3 Å². The molecule has 0 spiro atoms. The Morgan fingerprint density at radius 2 is 2.15 bits per heavy atom. The molecule has 0 amide bonds. The van der Waals surface area contributed by atoms with Crippen LogP contribution in [0, 0.1) is 0 Å². The van der Waals surface area contributed by atoms with Gasteiger partial charge in [0.2, 0.25) is 5.75 Å². The quantitative estimate of drug-likeness (QED) is 0.796. The van der Waals surface area contributed by atoms with Crippen molar-refractivity contribution in [2.45, 2.75) is 31.8 Å². The number of hydrogen-bond acceptors (Lipinski definition) is 6. The molecule has 0 saturated carbocycles. The highest BCUT2D eigenvalue weighted by Gasteiger charge is 2.28. The Balaban J connectivity index is 2.67. The summed E-state index contributed by atoms with van der Waals surface area (Å²) in [6, 6.07) is -0.0609. The van der Waals surface area contributed by atoms with Crippen LogP contribution in [0.25, 0.3) is 0 Å². The Bertz CT molecular complexity index is 580. The van der Waals surface area contributed by atoms with Crippen LogP contribution in [0.3, 0.4) is 0 Å². The molecule has 0 aromatic carbocycles. The minimum absolute atomic E-state index is 0.0609. The van der Waals surface area contributed by atoms with Crippen LogP contribution in [0.2, 0.25) is 0 Å². The third-order valence-corrected chi connectivity index (χ3v) is 3.58. The zero-order chi connectivity index (χ0) is 14.9. The highest BCUT2D eigenvalue weighted by Crippen LogP contribution is 2.27. The first-order chi connectivity index (χ1) is 9.47. The van der Waals surface area contributed by atoms with Crippen molar-refractivity contribution in [3.63, 3.8) is 0 Å². The van der Waals surface area contributed by atoms with E-state index in [2.05, 4.69) is 9.72 Å². The van der Waals surface area contributed by atoms with Gasteiger partial charge in [0.25, 0.3) is 5.56 Å². The molecule has 1 aromatic rings. The van der Waals surface area contributed by atoms with Gasteiger partial charge in [0.1, 0.15) is 5.82 Å². The van der Waals surface area contributed by atoms with Crippen molar-refractivity contribution >= 4 is 5.97 Å². The van der Waals surface area contributed by atoms with Crippen molar-refractivity contribution in [1.29, 1.82) is 0 Å². The van der Waals surface area contributed by atoms with Gasteiger partial charge >= 0.3 is 5.97 Å². The summed E-state index contributed by atoms with van der Waals surface area (Å²) >= 11 is 0. The molecule has 0 aliphatic carbocycles. The highest BCUT2D eigenvalue weighted by molar-refractivity contribution is 5.89. The lowest BCUT2D eigenvalue weighted by Gasteiger charge is -2.24. The van der Waals surface area contributed by atoms with Crippen LogP contribution >= 0.6 is 0 Å². The van der Waals surface area contributed by atoms with Gasteiger partial charge in [0.05, 0.1) is 13.2 Å². The van der Waals surface area contributed by atoms with E-state index in [9.17, 15) is 14.7 Å². The summed E-state index contributed by atoms with van der Waals surface area (Å²) in [6.07, 6.45) is 2.65. The third-order valence-electron chi connectivity index (χ3n) is 3.58. The Kier molecular flexibility index (Phi) is 4.08. The van der Waals surface area contributed by atoms with Crippen molar-refractivity contribution < 1.29 is 14.6 Å². The summed E-state index contributed by atoms with van der Waals surface area (Å²) in [4.78, 5) is 30.0. The van der Waals surface area contributed by atoms with Gasteiger partial charge in [0.15, 0.2) is 5.69 Å². The number of methoxy groups -OCH3 is 1. The van der Waals surface area contributed by atoms with Crippen LogP contribution < -0.4 is 5.56 Å². The van der Waals surface area contributed by atoms with Gasteiger partial charge < -0.3 is 9.84 Å². The monoisotopic (exact) mass is 281 g/mol. The molecule has 1 atom stereocenters. The number of aromatic nitrogens is 2. The molecule has 110 valence electrons. The normalized spacial score (nSPS) is 18.5. The summed E-state index contributed by atoms with van der Waals surface area (Å²) < 4.78 is 6.02. The molecule has 7 heteroatoms. The van der Waals surface area contributed by atoms with Gasteiger partial charge in [-0.2, -0.15) is 0 Å². The van der Waals surface area contributed by atoms with Crippen molar-refractivity contribution in [3.8, 4) is 5.75 Å². The summed E-state index contributed by atoms with van der Waals surface area (Å²) in [6.45, 7) is 0.501. The maximum Gasteiger partial charge on any atom is 0.360 e. The number of carbonyl (C=O) groups is 1. The van der Waals surface area contributed by atoms with Gasteiger partial charge in [-0.3, -0.25) is 14.3 Å². The van der Waals surface area contributed by atoms with E-state index in [1.807, 2.05) is 19.0 Å². The van der Waals surface area contributed by atoms with E-state index >= 15 is 0 Å². The van der Waals surface area contributed by atoms with Crippen molar-refractivity contribution in [1.82, 2.24) is 14.5 Å². The maximum atomic E-state index is 12.2. The second-order valence-corrected chi connectivity index (χ2v) is 5.09. The summed E-state index contributed by atoms with van der Waals surface area (Å²) in [5.41, 5.74) is -0.887. The maximum absolute atomic E-state index is 12.2. The molecule has 0 radical (unpaired) electrons. The van der Waals surface area contributed by atoms with Gasteiger partial charge in [-0.05, 0) is 33.4 Å². The molecule has 1 N–H and O–H groups in total. The van der Waals surface area contributed by atoms with Crippen LogP contribution in [0.15, 0.2) is 4.79 Å². The van der Waals surface area contributed by atoms with Crippen LogP contribution in [0.1, 0.15) is 41.6 Å². The molecule has 2 rings (SSSR count). The number of carbonyl (C=O) groups excluding carboxylic acids is 1. The average Bonchev–Trinajstić information content (AvgIpc) is 2.64. The van der Waals surface area contributed by atoms with Crippen molar-refractivity contribution in [2.75, 3.05) is 21.2 Å². The standard InChI is InChI=1S/C13H19N3O4/c1-15(2)8-6-4-5-7-16-11(8)14-9(13(19)20-3)10(17)12(16)18/h8,17H,4-7H2,1-3H3. The average molecular weight is 281 g/mol. The second kappa shape index (κ2) is 5.62. The first-order valence-corrected chi connectivity index (χ1v) is 6.55. The van der Waals surface area contributed by atoms with Crippen LogP contribution in [0.5, 0.6) is 5.75 Å². The molecular weight excluding hydrogens is 262 g/mol. The number of ether oxygens (including phenoxy) is 1. The molecule has 1 aliphatic heterocycles. The molecule has 0 fully saturated rings. The molecule has 1 unspecified atom stereocenters. The zero-order valence-corrected chi connectivity index (χ0v) is 11.9. The Hall–Kier alpha value is -1.89. The molecule has 2 heterocycles. The number of aromatic hydroxyl groups is 1. The first kappa shape index (κ1) is 14.5. The topological polar surface area (TPSA) is 84.7 Å². The Morgan fingerprint density at radius 1 is 1.45 bits per heavy atom. The third kappa shape index (κ3) is 2.40. The van der Waals surface area contributed by atoms with Gasteiger partial charge in [0, 0.05) is 6.54 Å². The molecule has 7 nitrogen and oxygen atoms in total. The lowest BCUT2D eigenvalue weighted by atomic mass is 10.1. The van der Waals surface area contributed by atoms with Gasteiger partial charge in [-0.1, -0.05) is 0 Å². The molecular formula is C13H19N3O4. The number of hydrogen-bond donors (Lipinski definition) is 1. The number of fused-ring (bicyclic) bond motifs is 1. The Labute approximate surface area is 116 Å². The van der Waals surface area contributed by atoms with Crippen molar-refractivity contribution in [3.05, 3.63) is 21.9 Å². The Morgan fingerprint density at radius 3 is 2.75 bits per heavy atom. The zero-order valence-electron chi connectivity index (χ0n) is 11.9. The minimum Gasteiger partial charge on any atom is -0.501 e. The van der Waals surface area contributed by atoms with E-state index in [1.165, 1.54) is 11.7 Å². The van der Waals surface area contributed by atoms with Gasteiger partial charge in [-0.25, -0.2) is 9.78 Å². The summed E-state index contributed by atoms with van der Waals surface area (Å²) in [5.74, 6) is -0.930. The number of rotatable bonds is 2. The van der Waals surface area contributed by atoms with Crippen LogP contribution in [-0.4, -0.2) is 46.7 Å². The fourth-order valence-electron chi connectivity index (χ4n) is 2.50. The molecule has 20 heavy (non-hydrogen) atoms. The van der Waals surface area contributed by atoms with E-state index in [1.54, 1.807) is 0 Å². The molecule has 1 aromatic heterocycles. The largest absolute Gasteiger partial charge is 0.501 e. The van der Waals surface area contributed by atoms with E-state index < -0.39 is 17.3 Å². The van der Waals surface area contributed by atoms with E-state index in [-0.39, 0.29) is 11.7 Å². The molecule has 1 aliphatic rings. The van der Waals surface area contributed by atoms with Gasteiger partial charge in [-0.15, -0.1) is 0 Å². The second-order valence-electron chi connectivity index (χ2n) is 5.09. The fourth-order valence-corrected chi connectivity index (χ4v) is 2.50. The first-order valence-electron chi connectivity index (χ1n) is 6.55. The smallest absolute Gasteiger partial charge is 0.360 e. The number of nitrogens with zero attached hydrogens (tertiary/aromatic N) is 3. The lowest BCUT2D eigenvalue weighted by Crippen LogP contribution is -2.32. The summed E-state index contributed by atoms with van der Waals surface area (Å²) in [5, 5.41) is 9.86. The molecule has 0 bridgehead atoms. The molecule has 0 saturated heterocycles. The lowest BCUT2D eigenvalue weighted by molar-refractivity contribution is 0.0588. The predicted molar refractivity (Wildman–Crippen MR) is 71.8 cm³/mol. The number of esters is 1.